The van der Waals surface area contributed by atoms with Crippen LogP contribution < -0.4 is 10.9 Å². The fourth-order valence-electron chi connectivity index (χ4n) is 2.26. The molecule has 0 atom stereocenters. The molecule has 0 aromatic carbocycles. The lowest BCUT2D eigenvalue weighted by Crippen LogP contribution is -2.28. The van der Waals surface area contributed by atoms with E-state index in [1.807, 2.05) is 0 Å². The highest BCUT2D eigenvalue weighted by Gasteiger charge is 2.12. The van der Waals surface area contributed by atoms with Crippen LogP contribution in [0.1, 0.15) is 5.01 Å². The summed E-state index contributed by atoms with van der Waals surface area (Å²) in [7, 11) is 0. The van der Waals surface area contributed by atoms with Crippen LogP contribution in [-0.4, -0.2) is 40.5 Å². The van der Waals surface area contributed by atoms with Gasteiger partial charge in [0, 0.05) is 12.3 Å². The van der Waals surface area contributed by atoms with Gasteiger partial charge in [0.15, 0.2) is 11.2 Å². The highest BCUT2D eigenvalue weighted by molar-refractivity contribution is 7.15. The number of rotatable bonds is 3. The summed E-state index contributed by atoms with van der Waals surface area (Å²) in [6.07, 6.45) is 3.10. The SMILES string of the molecule is Cc1nnc(NC(=O)Cn2ccc3c(nnc4ccnn43)c2=O)s1. The summed E-state index contributed by atoms with van der Waals surface area (Å²) in [5.74, 6) is -0.374. The van der Waals surface area contributed by atoms with Crippen LogP contribution in [0.25, 0.3) is 16.7 Å². The molecule has 0 aliphatic heterocycles. The first-order chi connectivity index (χ1) is 11.6. The monoisotopic (exact) mass is 342 g/mol. The Hall–Kier alpha value is -3.21. The molecule has 4 aromatic heterocycles. The zero-order valence-electron chi connectivity index (χ0n) is 12.4. The molecule has 0 saturated heterocycles. The van der Waals surface area contributed by atoms with Crippen molar-refractivity contribution in [1.82, 2.24) is 34.6 Å². The summed E-state index contributed by atoms with van der Waals surface area (Å²) in [4.78, 5) is 24.6. The maximum Gasteiger partial charge on any atom is 0.281 e. The molecule has 0 aliphatic carbocycles. The fraction of sp³-hybridized carbons (Fsp3) is 0.154. The molecule has 1 N–H and O–H groups in total. The van der Waals surface area contributed by atoms with Gasteiger partial charge in [-0.2, -0.15) is 5.10 Å². The number of pyridine rings is 1. The zero-order valence-corrected chi connectivity index (χ0v) is 13.2. The van der Waals surface area contributed by atoms with E-state index in [-0.39, 0.29) is 18.0 Å². The van der Waals surface area contributed by atoms with Crippen LogP contribution in [0.2, 0.25) is 0 Å². The van der Waals surface area contributed by atoms with Crippen LogP contribution >= 0.6 is 11.3 Å². The Morgan fingerprint density at radius 2 is 2.12 bits per heavy atom. The average Bonchev–Trinajstić information content (AvgIpc) is 3.18. The average molecular weight is 342 g/mol. The first kappa shape index (κ1) is 14.4. The summed E-state index contributed by atoms with van der Waals surface area (Å²) in [6.45, 7) is 1.63. The molecule has 10 nitrogen and oxygen atoms in total. The lowest BCUT2D eigenvalue weighted by atomic mass is 10.3. The summed E-state index contributed by atoms with van der Waals surface area (Å²) < 4.78 is 2.79. The number of amides is 1. The van der Waals surface area contributed by atoms with Crippen molar-refractivity contribution in [3.8, 4) is 0 Å². The molecular formula is C13H10N8O2S. The van der Waals surface area contributed by atoms with Crippen molar-refractivity contribution in [1.29, 1.82) is 0 Å². The fourth-order valence-corrected chi connectivity index (χ4v) is 2.87. The molecule has 0 fully saturated rings. The number of carbonyl (C=O) groups is 1. The topological polar surface area (TPSA) is 120 Å². The van der Waals surface area contributed by atoms with Crippen LogP contribution in [0.4, 0.5) is 5.13 Å². The van der Waals surface area contributed by atoms with E-state index in [9.17, 15) is 9.59 Å². The lowest BCUT2D eigenvalue weighted by molar-refractivity contribution is -0.116. The molecule has 0 aliphatic rings. The van der Waals surface area contributed by atoms with Crippen LogP contribution in [0, 0.1) is 6.92 Å². The molecule has 4 rings (SSSR count). The Balaban J connectivity index is 1.67. The second-order valence-electron chi connectivity index (χ2n) is 4.96. The normalized spacial score (nSPS) is 11.2. The molecule has 11 heteroatoms. The molecule has 0 bridgehead atoms. The largest absolute Gasteiger partial charge is 0.304 e. The van der Waals surface area contributed by atoms with E-state index in [2.05, 4.69) is 30.8 Å². The maximum absolute atomic E-state index is 12.5. The minimum Gasteiger partial charge on any atom is -0.304 e. The van der Waals surface area contributed by atoms with Crippen LogP contribution in [0.3, 0.4) is 0 Å². The molecule has 1 amide bonds. The smallest absolute Gasteiger partial charge is 0.281 e. The van der Waals surface area contributed by atoms with Crippen molar-refractivity contribution in [2.75, 3.05) is 5.32 Å². The van der Waals surface area contributed by atoms with Crippen molar-refractivity contribution in [2.24, 2.45) is 0 Å². The van der Waals surface area contributed by atoms with Crippen molar-refractivity contribution in [3.05, 3.63) is 39.9 Å². The number of nitrogens with one attached hydrogen (secondary N) is 1. The molecular weight excluding hydrogens is 332 g/mol. The minimum absolute atomic E-state index is 0.147. The van der Waals surface area contributed by atoms with Gasteiger partial charge in [0.25, 0.3) is 5.56 Å². The third-order valence-electron chi connectivity index (χ3n) is 3.31. The van der Waals surface area contributed by atoms with E-state index < -0.39 is 5.56 Å². The van der Waals surface area contributed by atoms with Gasteiger partial charge < -0.3 is 4.57 Å². The van der Waals surface area contributed by atoms with Gasteiger partial charge in [-0.25, -0.2) is 4.52 Å². The van der Waals surface area contributed by atoms with Crippen molar-refractivity contribution in [3.63, 3.8) is 0 Å². The van der Waals surface area contributed by atoms with Crippen LogP contribution in [-0.2, 0) is 11.3 Å². The van der Waals surface area contributed by atoms with Gasteiger partial charge in [-0.3, -0.25) is 14.9 Å². The van der Waals surface area contributed by atoms with E-state index in [0.717, 1.165) is 5.01 Å². The Bertz CT molecular complexity index is 1130. The van der Waals surface area contributed by atoms with E-state index >= 15 is 0 Å². The van der Waals surface area contributed by atoms with Gasteiger partial charge in [0.05, 0.1) is 6.20 Å². The number of carbonyl (C=O) groups excluding carboxylic acids is 1. The number of aryl methyl sites for hydroxylation is 1. The summed E-state index contributed by atoms with van der Waals surface area (Å²) in [5, 5.41) is 23.4. The van der Waals surface area contributed by atoms with Crippen molar-refractivity contribution in [2.45, 2.75) is 13.5 Å². The standard InChI is InChI=1S/C13H10N8O2S/c1-7-16-19-13(24-7)15-10(22)6-20-5-3-8-11(12(20)23)18-17-9-2-4-14-21(8)9/h2-5H,6H2,1H3,(H,15,19,22). The molecule has 0 unspecified atom stereocenters. The Kier molecular flexibility index (Phi) is 3.27. The lowest BCUT2D eigenvalue weighted by Gasteiger charge is -2.06. The number of nitrogens with zero attached hydrogens (tertiary/aromatic N) is 7. The number of hydrogen-bond donors (Lipinski definition) is 1. The van der Waals surface area contributed by atoms with Crippen molar-refractivity contribution < 1.29 is 4.79 Å². The zero-order chi connectivity index (χ0) is 16.7. The highest BCUT2D eigenvalue weighted by Crippen LogP contribution is 2.13. The quantitative estimate of drug-likeness (QED) is 0.566. The molecule has 120 valence electrons. The predicted molar refractivity (Wildman–Crippen MR) is 85.8 cm³/mol. The first-order valence-electron chi connectivity index (χ1n) is 6.91. The number of anilines is 1. The van der Waals surface area contributed by atoms with Gasteiger partial charge in [0.1, 0.15) is 17.1 Å². The second-order valence-corrected chi connectivity index (χ2v) is 6.14. The predicted octanol–water partition coefficient (Wildman–Crippen LogP) is 0.238. The Labute approximate surface area is 137 Å². The minimum atomic E-state index is -0.416. The molecule has 0 spiro atoms. The van der Waals surface area contributed by atoms with E-state index in [1.165, 1.54) is 26.6 Å². The molecule has 24 heavy (non-hydrogen) atoms. The van der Waals surface area contributed by atoms with E-state index in [4.69, 9.17) is 0 Å². The summed E-state index contributed by atoms with van der Waals surface area (Å²) in [6, 6.07) is 3.36. The third-order valence-corrected chi connectivity index (χ3v) is 4.06. The van der Waals surface area contributed by atoms with Gasteiger partial charge in [0.2, 0.25) is 11.0 Å². The van der Waals surface area contributed by atoms with Crippen LogP contribution in [0.5, 0.6) is 0 Å². The Morgan fingerprint density at radius 1 is 1.25 bits per heavy atom. The number of fused-ring (bicyclic) bond motifs is 3. The van der Waals surface area contributed by atoms with Gasteiger partial charge in [-0.1, -0.05) is 11.3 Å². The highest BCUT2D eigenvalue weighted by atomic mass is 32.1. The Morgan fingerprint density at radius 3 is 2.92 bits per heavy atom. The van der Waals surface area contributed by atoms with Gasteiger partial charge in [-0.05, 0) is 13.0 Å². The van der Waals surface area contributed by atoms with E-state index in [0.29, 0.717) is 16.3 Å². The number of hydrogen-bond acceptors (Lipinski definition) is 8. The van der Waals surface area contributed by atoms with Gasteiger partial charge in [-0.15, -0.1) is 20.4 Å². The first-order valence-corrected chi connectivity index (χ1v) is 7.73. The summed E-state index contributed by atoms with van der Waals surface area (Å²) in [5.41, 5.74) is 0.810. The third kappa shape index (κ3) is 2.40. The van der Waals surface area contributed by atoms with Crippen LogP contribution in [0.15, 0.2) is 29.3 Å². The molecule has 0 saturated carbocycles. The molecule has 4 aromatic rings. The number of aromatic nitrogens is 7. The molecule has 4 heterocycles. The second kappa shape index (κ2) is 5.45. The molecule has 0 radical (unpaired) electrons. The maximum atomic E-state index is 12.5. The van der Waals surface area contributed by atoms with Gasteiger partial charge >= 0.3 is 0 Å². The summed E-state index contributed by atoms with van der Waals surface area (Å²) >= 11 is 1.26. The van der Waals surface area contributed by atoms with Crippen molar-refractivity contribution >= 4 is 39.1 Å². The van der Waals surface area contributed by atoms with E-state index in [1.54, 1.807) is 25.3 Å².